The van der Waals surface area contributed by atoms with E-state index in [0.717, 1.165) is 5.56 Å². The highest BCUT2D eigenvalue weighted by Crippen LogP contribution is 2.19. The van der Waals surface area contributed by atoms with Crippen LogP contribution in [0.25, 0.3) is 0 Å². The van der Waals surface area contributed by atoms with Gasteiger partial charge < -0.3 is 40.5 Å². The lowest BCUT2D eigenvalue weighted by Gasteiger charge is -2.40. The summed E-state index contributed by atoms with van der Waals surface area (Å²) < 4.78 is 9.85. The molecule has 1 fully saturated rings. The predicted molar refractivity (Wildman–Crippen MR) is 86.5 cm³/mol. The number of aliphatic hydroxyl groups excluding tert-OH is 4. The van der Waals surface area contributed by atoms with Gasteiger partial charge >= 0.3 is 6.09 Å². The molecule has 0 bridgehead atoms. The van der Waals surface area contributed by atoms with E-state index in [-0.39, 0.29) is 6.61 Å². The summed E-state index contributed by atoms with van der Waals surface area (Å²) in [5.74, 6) is -0.733. The number of hydrogen-bond donors (Lipinski definition) is 6. The van der Waals surface area contributed by atoms with Crippen LogP contribution in [0.2, 0.25) is 0 Å². The molecule has 6 N–H and O–H groups in total. The van der Waals surface area contributed by atoms with Crippen molar-refractivity contribution in [3.8, 4) is 0 Å². The zero-order valence-electron chi connectivity index (χ0n) is 13.8. The highest BCUT2D eigenvalue weighted by Gasteiger charge is 2.44. The fraction of sp³-hybridized carbons (Fsp3) is 0.500. The Labute approximate surface area is 149 Å². The van der Waals surface area contributed by atoms with Crippen LogP contribution in [0.15, 0.2) is 30.3 Å². The standard InChI is InChI=1S/C16H22N2O8/c19-7-10-13(21)14(22)12(15(23)26-10)18-11(20)6-17-16(24)25-8-9-4-2-1-3-5-9/h1-5,10,12-15,19,21-23H,6-8H2,(H,17,24)(H,18,20). The minimum absolute atomic E-state index is 0.0386. The summed E-state index contributed by atoms with van der Waals surface area (Å²) in [4.78, 5) is 23.4. The van der Waals surface area contributed by atoms with Gasteiger partial charge in [-0.15, -0.1) is 0 Å². The lowest BCUT2D eigenvalue weighted by atomic mass is 9.97. The van der Waals surface area contributed by atoms with E-state index in [2.05, 4.69) is 10.6 Å². The number of hydrogen-bond acceptors (Lipinski definition) is 8. The third kappa shape index (κ3) is 5.38. The topological polar surface area (TPSA) is 158 Å². The Morgan fingerprint density at radius 2 is 1.81 bits per heavy atom. The average Bonchev–Trinajstić information content (AvgIpc) is 2.65. The monoisotopic (exact) mass is 370 g/mol. The number of benzene rings is 1. The number of carbonyl (C=O) groups is 2. The molecule has 1 aromatic rings. The summed E-state index contributed by atoms with van der Waals surface area (Å²) in [6, 6.07) is 7.65. The molecule has 0 saturated carbocycles. The summed E-state index contributed by atoms with van der Waals surface area (Å²) >= 11 is 0. The molecule has 1 aromatic carbocycles. The zero-order chi connectivity index (χ0) is 19.1. The number of ether oxygens (including phenoxy) is 2. The van der Waals surface area contributed by atoms with Gasteiger partial charge in [-0.1, -0.05) is 30.3 Å². The Hall–Kier alpha value is -2.24. The van der Waals surface area contributed by atoms with Crippen molar-refractivity contribution in [2.75, 3.05) is 13.2 Å². The smallest absolute Gasteiger partial charge is 0.407 e. The molecule has 0 spiro atoms. The first-order chi connectivity index (χ1) is 12.4. The average molecular weight is 370 g/mol. The van der Waals surface area contributed by atoms with Crippen molar-refractivity contribution in [2.24, 2.45) is 0 Å². The first kappa shape index (κ1) is 20.1. The number of alkyl carbamates (subject to hydrolysis) is 1. The molecule has 0 aromatic heterocycles. The highest BCUT2D eigenvalue weighted by molar-refractivity contribution is 5.82. The van der Waals surface area contributed by atoms with E-state index in [0.29, 0.717) is 0 Å². The fourth-order valence-corrected chi connectivity index (χ4v) is 2.42. The fourth-order valence-electron chi connectivity index (χ4n) is 2.42. The van der Waals surface area contributed by atoms with Crippen LogP contribution in [0.1, 0.15) is 5.56 Å². The zero-order valence-corrected chi connectivity index (χ0v) is 13.8. The van der Waals surface area contributed by atoms with E-state index in [1.807, 2.05) is 6.07 Å². The van der Waals surface area contributed by atoms with Crippen molar-refractivity contribution >= 4 is 12.0 Å². The van der Waals surface area contributed by atoms with E-state index in [1.54, 1.807) is 24.3 Å². The van der Waals surface area contributed by atoms with Crippen LogP contribution >= 0.6 is 0 Å². The molecule has 2 rings (SSSR count). The molecule has 0 aliphatic carbocycles. The van der Waals surface area contributed by atoms with E-state index >= 15 is 0 Å². The molecule has 10 nitrogen and oxygen atoms in total. The summed E-state index contributed by atoms with van der Waals surface area (Å²) in [6.45, 7) is -1.04. The third-order valence-corrected chi connectivity index (χ3v) is 3.83. The Morgan fingerprint density at radius 1 is 1.12 bits per heavy atom. The number of carbonyl (C=O) groups excluding carboxylic acids is 2. The number of aliphatic hydroxyl groups is 4. The Balaban J connectivity index is 1.75. The molecule has 1 heterocycles. The van der Waals surface area contributed by atoms with Crippen LogP contribution in [-0.2, 0) is 20.9 Å². The van der Waals surface area contributed by atoms with Gasteiger partial charge in [0, 0.05) is 0 Å². The third-order valence-electron chi connectivity index (χ3n) is 3.83. The van der Waals surface area contributed by atoms with Gasteiger partial charge in [-0.3, -0.25) is 4.79 Å². The van der Waals surface area contributed by atoms with E-state index < -0.39 is 55.8 Å². The minimum Gasteiger partial charge on any atom is -0.445 e. The highest BCUT2D eigenvalue weighted by atomic mass is 16.6. The first-order valence-corrected chi connectivity index (χ1v) is 7.96. The molecule has 1 aliphatic heterocycles. The lowest BCUT2D eigenvalue weighted by Crippen LogP contribution is -2.64. The molecule has 5 atom stereocenters. The van der Waals surface area contributed by atoms with Gasteiger partial charge in [-0.2, -0.15) is 0 Å². The molecule has 2 amide bonds. The number of rotatable bonds is 6. The second-order valence-corrected chi connectivity index (χ2v) is 5.74. The maximum absolute atomic E-state index is 11.8. The second kappa shape index (κ2) is 9.46. The number of amides is 2. The van der Waals surface area contributed by atoms with Crippen molar-refractivity contribution < 1.29 is 39.5 Å². The summed E-state index contributed by atoms with van der Waals surface area (Å²) in [5, 5.41) is 42.9. The van der Waals surface area contributed by atoms with Crippen LogP contribution in [0.4, 0.5) is 4.79 Å². The predicted octanol–water partition coefficient (Wildman–Crippen LogP) is -2.17. The Morgan fingerprint density at radius 3 is 2.46 bits per heavy atom. The summed E-state index contributed by atoms with van der Waals surface area (Å²) in [6.07, 6.45) is -6.65. The van der Waals surface area contributed by atoms with Crippen LogP contribution in [-0.4, -0.2) is 76.2 Å². The summed E-state index contributed by atoms with van der Waals surface area (Å²) in [5.41, 5.74) is 0.783. The molecule has 144 valence electrons. The second-order valence-electron chi connectivity index (χ2n) is 5.74. The van der Waals surface area contributed by atoms with E-state index in [4.69, 9.17) is 14.6 Å². The molecule has 1 saturated heterocycles. The van der Waals surface area contributed by atoms with Crippen molar-refractivity contribution in [1.82, 2.24) is 10.6 Å². The Bertz CT molecular complexity index is 599. The van der Waals surface area contributed by atoms with Crippen molar-refractivity contribution in [3.63, 3.8) is 0 Å². The van der Waals surface area contributed by atoms with Gasteiger partial charge in [-0.05, 0) is 5.56 Å². The van der Waals surface area contributed by atoms with Gasteiger partial charge in [0.05, 0.1) is 6.61 Å². The van der Waals surface area contributed by atoms with Crippen LogP contribution in [0, 0.1) is 0 Å². The Kier molecular flexibility index (Phi) is 7.30. The van der Waals surface area contributed by atoms with Crippen LogP contribution in [0.3, 0.4) is 0 Å². The van der Waals surface area contributed by atoms with E-state index in [9.17, 15) is 24.9 Å². The molecular weight excluding hydrogens is 348 g/mol. The largest absolute Gasteiger partial charge is 0.445 e. The maximum atomic E-state index is 11.8. The van der Waals surface area contributed by atoms with Gasteiger partial charge in [0.15, 0.2) is 6.29 Å². The molecule has 5 unspecified atom stereocenters. The SMILES string of the molecule is O=C(CNC(=O)OCc1ccccc1)NC1C(O)OC(CO)C(O)C1O. The molecule has 26 heavy (non-hydrogen) atoms. The molecule has 10 heteroatoms. The number of nitrogens with one attached hydrogen (secondary N) is 2. The quantitative estimate of drug-likeness (QED) is 0.330. The van der Waals surface area contributed by atoms with Crippen LogP contribution in [0.5, 0.6) is 0 Å². The van der Waals surface area contributed by atoms with E-state index in [1.165, 1.54) is 0 Å². The summed E-state index contributed by atoms with van der Waals surface area (Å²) in [7, 11) is 0. The minimum atomic E-state index is -1.63. The normalized spacial score (nSPS) is 28.2. The van der Waals surface area contributed by atoms with Crippen molar-refractivity contribution in [1.29, 1.82) is 0 Å². The van der Waals surface area contributed by atoms with Crippen LogP contribution < -0.4 is 10.6 Å². The molecular formula is C16H22N2O8. The molecule has 0 radical (unpaired) electrons. The van der Waals surface area contributed by atoms with Gasteiger partial charge in [0.25, 0.3) is 0 Å². The lowest BCUT2D eigenvalue weighted by molar-refractivity contribution is -0.253. The van der Waals surface area contributed by atoms with Gasteiger partial charge in [0.2, 0.25) is 5.91 Å². The van der Waals surface area contributed by atoms with Crippen molar-refractivity contribution in [2.45, 2.75) is 37.3 Å². The van der Waals surface area contributed by atoms with Gasteiger partial charge in [-0.25, -0.2) is 4.79 Å². The first-order valence-electron chi connectivity index (χ1n) is 7.96. The molecule has 1 aliphatic rings. The maximum Gasteiger partial charge on any atom is 0.407 e. The van der Waals surface area contributed by atoms with Crippen molar-refractivity contribution in [3.05, 3.63) is 35.9 Å². The van der Waals surface area contributed by atoms with Gasteiger partial charge in [0.1, 0.15) is 37.5 Å².